The fraction of sp³-hybridized carbons (Fsp3) is 0.208. The standard InChI is InChI=1S/C24H24O2/c1-4-19-21(16-22(25)26-3)24(18-14-10-7-11-15-18)20(5-2)23(19)17-12-8-6-9-13-17/h6-16H,4-5H2,1-3H3/b21-16-. The van der Waals surface area contributed by atoms with Gasteiger partial charge in [-0.1, -0.05) is 74.5 Å². The van der Waals surface area contributed by atoms with Gasteiger partial charge in [0.2, 0.25) is 0 Å². The zero-order valence-corrected chi connectivity index (χ0v) is 15.6. The maximum Gasteiger partial charge on any atom is 0.331 e. The van der Waals surface area contributed by atoms with Crippen molar-refractivity contribution in [2.75, 3.05) is 7.11 Å². The number of carbonyl (C=O) groups is 1. The third kappa shape index (κ3) is 3.28. The Kier molecular flexibility index (Phi) is 5.52. The minimum Gasteiger partial charge on any atom is -0.466 e. The SMILES string of the molecule is CCC1=C(c2ccccc2)/C(=C\C(=O)OC)C(CC)=C1c1ccccc1. The molecule has 0 bridgehead atoms. The molecule has 2 nitrogen and oxygen atoms in total. The highest BCUT2D eigenvalue weighted by molar-refractivity contribution is 6.08. The first-order valence-corrected chi connectivity index (χ1v) is 9.09. The van der Waals surface area contributed by atoms with Crippen molar-refractivity contribution in [3.05, 3.63) is 94.6 Å². The molecule has 0 spiro atoms. The number of hydrogen-bond acceptors (Lipinski definition) is 2. The molecule has 0 atom stereocenters. The Morgan fingerprint density at radius 3 is 1.77 bits per heavy atom. The van der Waals surface area contributed by atoms with Crippen molar-refractivity contribution in [2.45, 2.75) is 26.7 Å². The van der Waals surface area contributed by atoms with Crippen LogP contribution >= 0.6 is 0 Å². The van der Waals surface area contributed by atoms with Gasteiger partial charge < -0.3 is 4.74 Å². The predicted octanol–water partition coefficient (Wildman–Crippen LogP) is 5.83. The molecule has 0 N–H and O–H groups in total. The predicted molar refractivity (Wildman–Crippen MR) is 107 cm³/mol. The van der Waals surface area contributed by atoms with Crippen LogP contribution in [0.15, 0.2) is 83.5 Å². The summed E-state index contributed by atoms with van der Waals surface area (Å²) in [6, 6.07) is 20.8. The Morgan fingerprint density at radius 2 is 1.31 bits per heavy atom. The van der Waals surface area contributed by atoms with Gasteiger partial charge in [-0.3, -0.25) is 0 Å². The lowest BCUT2D eigenvalue weighted by Gasteiger charge is -2.11. The van der Waals surface area contributed by atoms with Crippen LogP contribution in [-0.4, -0.2) is 13.1 Å². The van der Waals surface area contributed by atoms with E-state index in [-0.39, 0.29) is 5.97 Å². The van der Waals surface area contributed by atoms with E-state index in [0.717, 1.165) is 29.6 Å². The number of allylic oxidation sites excluding steroid dienone is 5. The molecule has 2 aromatic rings. The van der Waals surface area contributed by atoms with Gasteiger partial charge in [0.05, 0.1) is 7.11 Å². The summed E-state index contributed by atoms with van der Waals surface area (Å²) in [4.78, 5) is 12.1. The number of benzene rings is 2. The van der Waals surface area contributed by atoms with E-state index in [1.54, 1.807) is 6.08 Å². The van der Waals surface area contributed by atoms with Crippen LogP contribution in [-0.2, 0) is 9.53 Å². The topological polar surface area (TPSA) is 26.3 Å². The molecule has 2 aromatic carbocycles. The largest absolute Gasteiger partial charge is 0.466 e. The van der Waals surface area contributed by atoms with Crippen molar-refractivity contribution in [3.8, 4) is 0 Å². The highest BCUT2D eigenvalue weighted by Crippen LogP contribution is 2.49. The van der Waals surface area contributed by atoms with Crippen LogP contribution in [0.2, 0.25) is 0 Å². The molecule has 26 heavy (non-hydrogen) atoms. The Labute approximate surface area is 155 Å². The van der Waals surface area contributed by atoms with Crippen molar-refractivity contribution in [1.29, 1.82) is 0 Å². The quantitative estimate of drug-likeness (QED) is 0.504. The van der Waals surface area contributed by atoms with Crippen molar-refractivity contribution < 1.29 is 9.53 Å². The molecular weight excluding hydrogens is 320 g/mol. The van der Waals surface area contributed by atoms with Gasteiger partial charge in [0.1, 0.15) is 0 Å². The van der Waals surface area contributed by atoms with Gasteiger partial charge in [0, 0.05) is 6.08 Å². The molecule has 0 fully saturated rings. The van der Waals surface area contributed by atoms with Crippen molar-refractivity contribution in [3.63, 3.8) is 0 Å². The second kappa shape index (κ2) is 8.01. The van der Waals surface area contributed by atoms with Crippen molar-refractivity contribution >= 4 is 17.1 Å². The summed E-state index contributed by atoms with van der Waals surface area (Å²) in [5, 5.41) is 0. The second-order valence-corrected chi connectivity index (χ2v) is 6.23. The molecule has 0 aliphatic heterocycles. The molecule has 0 amide bonds. The first kappa shape index (κ1) is 17.9. The summed E-state index contributed by atoms with van der Waals surface area (Å²) in [5.41, 5.74) is 8.21. The second-order valence-electron chi connectivity index (χ2n) is 6.23. The van der Waals surface area contributed by atoms with Gasteiger partial charge in [-0.2, -0.15) is 0 Å². The van der Waals surface area contributed by atoms with E-state index in [4.69, 9.17) is 4.74 Å². The molecule has 0 saturated carbocycles. The lowest BCUT2D eigenvalue weighted by molar-refractivity contribution is -0.134. The molecule has 0 saturated heterocycles. The Bertz CT molecular complexity index is 884. The third-order valence-electron chi connectivity index (χ3n) is 4.80. The first-order chi connectivity index (χ1) is 12.7. The minimum atomic E-state index is -0.316. The maximum absolute atomic E-state index is 12.1. The Hall–Kier alpha value is -2.87. The first-order valence-electron chi connectivity index (χ1n) is 9.09. The fourth-order valence-corrected chi connectivity index (χ4v) is 3.70. The highest BCUT2D eigenvalue weighted by atomic mass is 16.5. The number of hydrogen-bond donors (Lipinski definition) is 0. The van der Waals surface area contributed by atoms with Crippen molar-refractivity contribution in [2.24, 2.45) is 0 Å². The van der Waals surface area contributed by atoms with E-state index in [2.05, 4.69) is 50.2 Å². The summed E-state index contributed by atoms with van der Waals surface area (Å²) >= 11 is 0. The normalized spacial score (nSPS) is 15.7. The summed E-state index contributed by atoms with van der Waals surface area (Å²) in [5.74, 6) is -0.316. The summed E-state index contributed by atoms with van der Waals surface area (Å²) in [6.07, 6.45) is 3.40. The molecule has 1 aliphatic carbocycles. The van der Waals surface area contributed by atoms with Gasteiger partial charge in [-0.25, -0.2) is 4.79 Å². The lowest BCUT2D eigenvalue weighted by atomic mass is 9.93. The van der Waals surface area contributed by atoms with E-state index < -0.39 is 0 Å². The molecular formula is C24H24O2. The van der Waals surface area contributed by atoms with Crippen LogP contribution in [0.25, 0.3) is 11.1 Å². The van der Waals surface area contributed by atoms with Gasteiger partial charge in [0.15, 0.2) is 0 Å². The van der Waals surface area contributed by atoms with Gasteiger partial charge in [-0.05, 0) is 51.8 Å². The van der Waals surface area contributed by atoms with Gasteiger partial charge in [-0.15, -0.1) is 0 Å². The number of ether oxygens (including phenoxy) is 1. The number of rotatable bonds is 5. The molecule has 132 valence electrons. The number of methoxy groups -OCH3 is 1. The monoisotopic (exact) mass is 344 g/mol. The van der Waals surface area contributed by atoms with Gasteiger partial charge in [0.25, 0.3) is 0 Å². The molecule has 2 heteroatoms. The summed E-state index contributed by atoms with van der Waals surface area (Å²) in [7, 11) is 1.43. The average molecular weight is 344 g/mol. The highest BCUT2D eigenvalue weighted by Gasteiger charge is 2.29. The third-order valence-corrected chi connectivity index (χ3v) is 4.80. The summed E-state index contributed by atoms with van der Waals surface area (Å²) in [6.45, 7) is 4.32. The smallest absolute Gasteiger partial charge is 0.331 e. The molecule has 0 radical (unpaired) electrons. The van der Waals surface area contributed by atoms with Gasteiger partial charge >= 0.3 is 5.97 Å². The van der Waals surface area contributed by atoms with Crippen molar-refractivity contribution in [1.82, 2.24) is 0 Å². The van der Waals surface area contributed by atoms with Crippen LogP contribution in [0.3, 0.4) is 0 Å². The molecule has 0 unspecified atom stereocenters. The molecule has 3 rings (SSSR count). The van der Waals surface area contributed by atoms with Crippen LogP contribution in [0.1, 0.15) is 37.8 Å². The molecule has 0 heterocycles. The fourth-order valence-electron chi connectivity index (χ4n) is 3.70. The zero-order valence-electron chi connectivity index (χ0n) is 15.6. The van der Waals surface area contributed by atoms with Crippen LogP contribution in [0, 0.1) is 0 Å². The average Bonchev–Trinajstić information content (AvgIpc) is 3.02. The van der Waals surface area contributed by atoms with Crippen LogP contribution < -0.4 is 0 Å². The number of esters is 1. The van der Waals surface area contributed by atoms with E-state index in [1.807, 2.05) is 24.3 Å². The lowest BCUT2D eigenvalue weighted by Crippen LogP contribution is -2.00. The van der Waals surface area contributed by atoms with E-state index in [0.29, 0.717) is 0 Å². The van der Waals surface area contributed by atoms with Crippen LogP contribution in [0.5, 0.6) is 0 Å². The van der Waals surface area contributed by atoms with E-state index in [1.165, 1.54) is 29.4 Å². The molecule has 0 aromatic heterocycles. The molecule has 1 aliphatic rings. The summed E-state index contributed by atoms with van der Waals surface area (Å²) < 4.78 is 4.94. The number of carbonyl (C=O) groups excluding carboxylic acids is 1. The van der Waals surface area contributed by atoms with E-state index in [9.17, 15) is 4.79 Å². The Morgan fingerprint density at radius 1 is 0.808 bits per heavy atom. The van der Waals surface area contributed by atoms with Crippen LogP contribution in [0.4, 0.5) is 0 Å². The van der Waals surface area contributed by atoms with E-state index >= 15 is 0 Å². The zero-order chi connectivity index (χ0) is 18.5. The Balaban J connectivity index is 2.32. The minimum absolute atomic E-state index is 0.316. The maximum atomic E-state index is 12.1.